The first kappa shape index (κ1) is 28.6. The highest BCUT2D eigenvalue weighted by atomic mass is 35.5. The number of fused-ring (bicyclic) bond motifs is 1. The van der Waals surface area contributed by atoms with E-state index in [2.05, 4.69) is 31.9 Å². The number of para-hydroxylation sites is 2. The van der Waals surface area contributed by atoms with Gasteiger partial charge in [0.1, 0.15) is 5.75 Å². The van der Waals surface area contributed by atoms with Gasteiger partial charge in [0.15, 0.2) is 11.6 Å². The predicted octanol–water partition coefficient (Wildman–Crippen LogP) is 4.60. The summed E-state index contributed by atoms with van der Waals surface area (Å²) in [5.74, 6) is 0.0514. The normalized spacial score (nSPS) is 12.4. The average molecular weight is 557 g/mol. The number of allylic oxidation sites excluding steroid dienone is 3. The van der Waals surface area contributed by atoms with Crippen molar-refractivity contribution in [2.24, 2.45) is 5.73 Å². The summed E-state index contributed by atoms with van der Waals surface area (Å²) in [5.41, 5.74) is 6.27. The first-order valence-electron chi connectivity index (χ1n) is 11.4. The fourth-order valence-electron chi connectivity index (χ4n) is 3.05. The van der Waals surface area contributed by atoms with Crippen molar-refractivity contribution in [2.45, 2.75) is 26.3 Å². The Kier molecular flexibility index (Phi) is 8.77. The van der Waals surface area contributed by atoms with Gasteiger partial charge in [-0.2, -0.15) is 0 Å². The van der Waals surface area contributed by atoms with Crippen LogP contribution in [0.4, 0.5) is 17.3 Å². The molecule has 3 rings (SSSR count). The van der Waals surface area contributed by atoms with E-state index in [9.17, 15) is 13.2 Å². The van der Waals surface area contributed by atoms with E-state index in [1.807, 2.05) is 0 Å². The number of rotatable bonds is 10. The Hall–Kier alpha value is -3.93. The molecule has 0 radical (unpaired) electrons. The summed E-state index contributed by atoms with van der Waals surface area (Å²) in [5, 5.41) is 5.99. The fraction of sp³-hybridized carbons (Fsp3) is 0.192. The number of nitrogens with two attached hydrogens (primary N) is 1. The molecule has 0 bridgehead atoms. The number of ether oxygens (including phenoxy) is 1. The third-order valence-electron chi connectivity index (χ3n) is 5.08. The van der Waals surface area contributed by atoms with Gasteiger partial charge >= 0.3 is 0 Å². The van der Waals surface area contributed by atoms with Crippen LogP contribution in [0.5, 0.6) is 5.75 Å². The number of aromatic nitrogens is 2. The molecule has 0 saturated carbocycles. The van der Waals surface area contributed by atoms with Crippen LogP contribution in [0.2, 0.25) is 5.02 Å². The summed E-state index contributed by atoms with van der Waals surface area (Å²) < 4.78 is 34.2. The molecule has 200 valence electrons. The fourth-order valence-corrected chi connectivity index (χ4v) is 4.03. The number of carbonyl (C=O) groups is 1. The molecule has 0 atom stereocenters. The second-order valence-electron chi connectivity index (χ2n) is 8.73. The van der Waals surface area contributed by atoms with Gasteiger partial charge in [-0.05, 0) is 57.2 Å². The summed E-state index contributed by atoms with van der Waals surface area (Å²) in [6, 6.07) is 11.9. The molecule has 0 fully saturated rings. The summed E-state index contributed by atoms with van der Waals surface area (Å²) in [6.07, 6.45) is 4.38. The Morgan fingerprint density at radius 3 is 2.34 bits per heavy atom. The van der Waals surface area contributed by atoms with Crippen molar-refractivity contribution in [3.05, 3.63) is 82.9 Å². The number of hydrogen-bond donors (Lipinski definition) is 4. The molecule has 10 nitrogen and oxygen atoms in total. The van der Waals surface area contributed by atoms with E-state index in [0.29, 0.717) is 27.5 Å². The van der Waals surface area contributed by atoms with Crippen LogP contribution in [0.1, 0.15) is 20.8 Å². The summed E-state index contributed by atoms with van der Waals surface area (Å²) in [7, 11) is -2.73. The smallest absolute Gasteiger partial charge is 0.262 e. The van der Waals surface area contributed by atoms with Gasteiger partial charge in [0.25, 0.3) is 10.0 Å². The van der Waals surface area contributed by atoms with E-state index in [0.717, 1.165) is 0 Å². The number of methoxy groups -OCH3 is 1. The van der Waals surface area contributed by atoms with Crippen molar-refractivity contribution in [2.75, 3.05) is 17.1 Å². The molecule has 1 amide bonds. The van der Waals surface area contributed by atoms with Crippen molar-refractivity contribution in [3.8, 4) is 5.75 Å². The highest BCUT2D eigenvalue weighted by Crippen LogP contribution is 2.32. The second kappa shape index (κ2) is 11.6. The third kappa shape index (κ3) is 7.09. The molecule has 5 N–H and O–H groups in total. The highest BCUT2D eigenvalue weighted by molar-refractivity contribution is 7.96. The lowest BCUT2D eigenvalue weighted by atomic mass is 10.1. The molecule has 1 aromatic heterocycles. The van der Waals surface area contributed by atoms with E-state index < -0.39 is 21.5 Å². The van der Waals surface area contributed by atoms with E-state index in [1.54, 1.807) is 55.5 Å². The largest absolute Gasteiger partial charge is 0.497 e. The summed E-state index contributed by atoms with van der Waals surface area (Å²) in [4.78, 5) is 21.0. The zero-order valence-electron chi connectivity index (χ0n) is 21.4. The van der Waals surface area contributed by atoms with Gasteiger partial charge in [-0.15, -0.1) is 0 Å². The van der Waals surface area contributed by atoms with Gasteiger partial charge in [-0.3, -0.25) is 9.52 Å². The van der Waals surface area contributed by atoms with Crippen LogP contribution in [0.3, 0.4) is 0 Å². The quantitative estimate of drug-likeness (QED) is 0.265. The lowest BCUT2D eigenvalue weighted by Gasteiger charge is -2.18. The standard InChI is InChI=1S/C26H29ClN6O4S/c1-6-9-17(29-25(34)26(3,4)28)14-16(2)38(35,36)33-24-23(30-20-10-7-8-11-21(20)31-24)32-22-15-18(37-5)12-13-19(22)27/h6-15H,2,28H2,1,3-5H3,(H,29,34)(H,30,32)(H,31,33). The number of hydrogen-bond acceptors (Lipinski definition) is 8. The minimum Gasteiger partial charge on any atom is -0.497 e. The van der Waals surface area contributed by atoms with Gasteiger partial charge in [-0.1, -0.05) is 36.4 Å². The van der Waals surface area contributed by atoms with Gasteiger partial charge in [0, 0.05) is 11.8 Å². The van der Waals surface area contributed by atoms with Crippen LogP contribution in [-0.2, 0) is 14.8 Å². The first-order valence-corrected chi connectivity index (χ1v) is 13.2. The van der Waals surface area contributed by atoms with Crippen LogP contribution < -0.4 is 25.8 Å². The maximum Gasteiger partial charge on any atom is 0.262 e. The number of sulfonamides is 1. The van der Waals surface area contributed by atoms with Gasteiger partial charge < -0.3 is 21.1 Å². The Labute approximate surface area is 226 Å². The number of amides is 1. The van der Waals surface area contributed by atoms with Gasteiger partial charge in [0.05, 0.1) is 39.3 Å². The monoisotopic (exact) mass is 556 g/mol. The van der Waals surface area contributed by atoms with Crippen LogP contribution >= 0.6 is 11.6 Å². The van der Waals surface area contributed by atoms with Crippen LogP contribution in [0.15, 0.2) is 77.9 Å². The first-order chi connectivity index (χ1) is 17.8. The topological polar surface area (TPSA) is 148 Å². The maximum absolute atomic E-state index is 13.3. The van der Waals surface area contributed by atoms with Gasteiger partial charge in [0.2, 0.25) is 5.91 Å². The molecule has 0 aliphatic rings. The van der Waals surface area contributed by atoms with Crippen LogP contribution in [-0.4, -0.2) is 36.9 Å². The third-order valence-corrected chi connectivity index (χ3v) is 6.68. The van der Waals surface area contributed by atoms with E-state index in [-0.39, 0.29) is 22.2 Å². The number of carbonyl (C=O) groups excluding carboxylic acids is 1. The molecule has 0 spiro atoms. The molecule has 0 aliphatic carbocycles. The zero-order chi connectivity index (χ0) is 28.1. The lowest BCUT2D eigenvalue weighted by molar-refractivity contribution is -0.124. The Bertz CT molecular complexity index is 1550. The Morgan fingerprint density at radius 1 is 1.13 bits per heavy atom. The van der Waals surface area contributed by atoms with Crippen molar-refractivity contribution >= 4 is 55.9 Å². The Morgan fingerprint density at radius 2 is 1.76 bits per heavy atom. The number of nitrogens with zero attached hydrogens (tertiary/aromatic N) is 2. The molecule has 3 aromatic rings. The molecule has 0 saturated heterocycles. The maximum atomic E-state index is 13.3. The second-order valence-corrected chi connectivity index (χ2v) is 10.9. The van der Waals surface area contributed by atoms with E-state index in [1.165, 1.54) is 33.1 Å². The molecule has 2 aromatic carbocycles. The van der Waals surface area contributed by atoms with Crippen LogP contribution in [0, 0.1) is 0 Å². The lowest BCUT2D eigenvalue weighted by Crippen LogP contribution is -2.48. The molecular formula is C26H29ClN6O4S. The minimum absolute atomic E-state index is 0.0863. The molecule has 1 heterocycles. The predicted molar refractivity (Wildman–Crippen MR) is 152 cm³/mol. The average Bonchev–Trinajstić information content (AvgIpc) is 2.85. The zero-order valence-corrected chi connectivity index (χ0v) is 22.9. The van der Waals surface area contributed by atoms with Crippen LogP contribution in [0.25, 0.3) is 11.0 Å². The van der Waals surface area contributed by atoms with Gasteiger partial charge in [-0.25, -0.2) is 18.4 Å². The summed E-state index contributed by atoms with van der Waals surface area (Å²) >= 11 is 6.34. The SMILES string of the molecule is C=C(C=C(C=CC)NC(=O)C(C)(C)N)S(=O)(=O)Nc1nc2ccccc2nc1Nc1cc(OC)ccc1Cl. The highest BCUT2D eigenvalue weighted by Gasteiger charge is 2.24. The minimum atomic E-state index is -4.24. The Balaban J connectivity index is 2.01. The summed E-state index contributed by atoms with van der Waals surface area (Å²) in [6.45, 7) is 8.46. The number of halogens is 1. The molecule has 12 heteroatoms. The molecule has 0 aliphatic heterocycles. The van der Waals surface area contributed by atoms with Crippen molar-refractivity contribution < 1.29 is 17.9 Å². The van der Waals surface area contributed by atoms with Crippen molar-refractivity contribution in [1.82, 2.24) is 15.3 Å². The van der Waals surface area contributed by atoms with E-state index in [4.69, 9.17) is 22.1 Å². The number of benzene rings is 2. The molecular weight excluding hydrogens is 528 g/mol. The van der Waals surface area contributed by atoms with Crippen molar-refractivity contribution in [1.29, 1.82) is 0 Å². The van der Waals surface area contributed by atoms with Crippen molar-refractivity contribution in [3.63, 3.8) is 0 Å². The number of anilines is 3. The molecule has 0 unspecified atom stereocenters. The van der Waals surface area contributed by atoms with E-state index >= 15 is 0 Å². The molecule has 38 heavy (non-hydrogen) atoms. The number of nitrogens with one attached hydrogen (secondary N) is 3.